The van der Waals surface area contributed by atoms with Crippen LogP contribution in [0.3, 0.4) is 0 Å². The van der Waals surface area contributed by atoms with Gasteiger partial charge in [0.25, 0.3) is 0 Å². The minimum atomic E-state index is 0.400. The van der Waals surface area contributed by atoms with E-state index in [1.54, 1.807) is 0 Å². The van der Waals surface area contributed by atoms with Gasteiger partial charge in [-0.2, -0.15) is 4.98 Å². The predicted octanol–water partition coefficient (Wildman–Crippen LogP) is 0.859. The van der Waals surface area contributed by atoms with Gasteiger partial charge in [0.05, 0.1) is 0 Å². The number of aromatic nitrogens is 4. The van der Waals surface area contributed by atoms with E-state index in [1.165, 1.54) is 12.7 Å². The molecule has 0 fully saturated rings. The first-order valence-corrected chi connectivity index (χ1v) is 5.32. The van der Waals surface area contributed by atoms with Gasteiger partial charge in [-0.1, -0.05) is 5.16 Å². The van der Waals surface area contributed by atoms with E-state index >= 15 is 0 Å². The van der Waals surface area contributed by atoms with Crippen LogP contribution in [0.15, 0.2) is 21.7 Å². The molecule has 0 unspecified atom stereocenters. The summed E-state index contributed by atoms with van der Waals surface area (Å²) in [5.41, 5.74) is 5.61. The zero-order chi connectivity index (χ0) is 11.4. The molecule has 0 saturated heterocycles. The zero-order valence-corrected chi connectivity index (χ0v) is 9.81. The van der Waals surface area contributed by atoms with E-state index in [-0.39, 0.29) is 0 Å². The minimum absolute atomic E-state index is 0.400. The molecule has 2 aromatic heterocycles. The third-order valence-corrected chi connectivity index (χ3v) is 2.65. The summed E-state index contributed by atoms with van der Waals surface area (Å²) in [6, 6.07) is 0. The zero-order valence-electron chi connectivity index (χ0n) is 8.22. The molecule has 16 heavy (non-hydrogen) atoms. The standard InChI is InChI=1S/C8H9BrN6O/c9-6-7(10)12-3-13-8(6)11-2-1-5-14-4-16-15-5/h3-4H,1-2H2,(H3,10,11,12,13). The quantitative estimate of drug-likeness (QED) is 0.858. The lowest BCUT2D eigenvalue weighted by atomic mass is 10.4. The molecule has 0 atom stereocenters. The largest absolute Gasteiger partial charge is 0.383 e. The highest BCUT2D eigenvalue weighted by atomic mass is 79.9. The molecule has 7 nitrogen and oxygen atoms in total. The van der Waals surface area contributed by atoms with Crippen molar-refractivity contribution in [2.24, 2.45) is 0 Å². The van der Waals surface area contributed by atoms with E-state index in [0.717, 1.165) is 0 Å². The Morgan fingerprint density at radius 1 is 1.38 bits per heavy atom. The number of hydrogen-bond donors (Lipinski definition) is 2. The number of anilines is 2. The van der Waals surface area contributed by atoms with Gasteiger partial charge >= 0.3 is 0 Å². The Morgan fingerprint density at radius 3 is 3.00 bits per heavy atom. The van der Waals surface area contributed by atoms with Crippen molar-refractivity contribution in [1.29, 1.82) is 0 Å². The molecule has 8 heteroatoms. The van der Waals surface area contributed by atoms with Crippen molar-refractivity contribution in [3.05, 3.63) is 23.0 Å². The molecule has 0 saturated carbocycles. The summed E-state index contributed by atoms with van der Waals surface area (Å²) in [5, 5.41) is 6.78. The van der Waals surface area contributed by atoms with Crippen LogP contribution < -0.4 is 11.1 Å². The van der Waals surface area contributed by atoms with Crippen molar-refractivity contribution in [2.75, 3.05) is 17.6 Å². The molecule has 0 aliphatic heterocycles. The Balaban J connectivity index is 1.92. The molecule has 3 N–H and O–H groups in total. The predicted molar refractivity (Wildman–Crippen MR) is 60.6 cm³/mol. The van der Waals surface area contributed by atoms with Crippen molar-refractivity contribution in [1.82, 2.24) is 20.1 Å². The van der Waals surface area contributed by atoms with Gasteiger partial charge in [0.1, 0.15) is 22.4 Å². The molecule has 0 radical (unpaired) electrons. The SMILES string of the molecule is Nc1ncnc(NCCc2ncon2)c1Br. The highest BCUT2D eigenvalue weighted by molar-refractivity contribution is 9.10. The molecule has 0 aliphatic rings. The Kier molecular flexibility index (Phi) is 3.30. The fourth-order valence-electron chi connectivity index (χ4n) is 1.10. The number of hydrogen-bond acceptors (Lipinski definition) is 7. The average Bonchev–Trinajstić information content (AvgIpc) is 2.77. The molecule has 2 rings (SSSR count). The topological polar surface area (TPSA) is 103 Å². The van der Waals surface area contributed by atoms with Gasteiger partial charge in [-0.15, -0.1) is 0 Å². The van der Waals surface area contributed by atoms with Crippen LogP contribution in [0.25, 0.3) is 0 Å². The van der Waals surface area contributed by atoms with E-state index in [9.17, 15) is 0 Å². The van der Waals surface area contributed by atoms with Crippen LogP contribution in [0.1, 0.15) is 5.82 Å². The Morgan fingerprint density at radius 2 is 2.25 bits per heavy atom. The number of rotatable bonds is 4. The molecule has 2 heterocycles. The lowest BCUT2D eigenvalue weighted by Crippen LogP contribution is -2.09. The van der Waals surface area contributed by atoms with Gasteiger partial charge < -0.3 is 15.6 Å². The summed E-state index contributed by atoms with van der Waals surface area (Å²) in [5.74, 6) is 1.69. The number of nitrogens with zero attached hydrogens (tertiary/aromatic N) is 4. The maximum absolute atomic E-state index is 5.61. The Labute approximate surface area is 99.6 Å². The van der Waals surface area contributed by atoms with Crippen LogP contribution in [-0.2, 0) is 6.42 Å². The maximum atomic E-state index is 5.61. The van der Waals surface area contributed by atoms with Gasteiger partial charge in [-0.3, -0.25) is 0 Å². The number of nitrogens with two attached hydrogens (primary N) is 1. The molecule has 2 aromatic rings. The van der Waals surface area contributed by atoms with E-state index in [2.05, 4.69) is 45.9 Å². The third-order valence-electron chi connectivity index (χ3n) is 1.86. The first-order valence-electron chi connectivity index (χ1n) is 4.52. The molecule has 0 amide bonds. The summed E-state index contributed by atoms with van der Waals surface area (Å²) < 4.78 is 5.27. The minimum Gasteiger partial charge on any atom is -0.383 e. The van der Waals surface area contributed by atoms with Crippen molar-refractivity contribution in [2.45, 2.75) is 6.42 Å². The highest BCUT2D eigenvalue weighted by Gasteiger charge is 2.05. The van der Waals surface area contributed by atoms with Gasteiger partial charge in [-0.05, 0) is 15.9 Å². The van der Waals surface area contributed by atoms with Crippen LogP contribution in [0.4, 0.5) is 11.6 Å². The van der Waals surface area contributed by atoms with E-state index in [1.807, 2.05) is 0 Å². The number of nitrogens with one attached hydrogen (secondary N) is 1. The third kappa shape index (κ3) is 2.45. The lowest BCUT2D eigenvalue weighted by Gasteiger charge is -2.06. The smallest absolute Gasteiger partial charge is 0.213 e. The normalized spacial score (nSPS) is 10.3. The molecule has 0 aromatic carbocycles. The monoisotopic (exact) mass is 284 g/mol. The fourth-order valence-corrected chi connectivity index (χ4v) is 1.45. The van der Waals surface area contributed by atoms with Crippen LogP contribution in [0, 0.1) is 0 Å². The Hall–Kier alpha value is -1.70. The summed E-state index contributed by atoms with van der Waals surface area (Å²) in [6.07, 6.45) is 3.34. The van der Waals surface area contributed by atoms with Crippen LogP contribution >= 0.6 is 15.9 Å². The summed E-state index contributed by atoms with van der Waals surface area (Å²) in [6.45, 7) is 0.634. The first-order chi connectivity index (χ1) is 7.77. The van der Waals surface area contributed by atoms with Gasteiger partial charge in [-0.25, -0.2) is 9.97 Å². The van der Waals surface area contributed by atoms with Crippen molar-refractivity contribution < 1.29 is 4.52 Å². The average molecular weight is 285 g/mol. The fraction of sp³-hybridized carbons (Fsp3) is 0.250. The second kappa shape index (κ2) is 4.88. The lowest BCUT2D eigenvalue weighted by molar-refractivity contribution is 0.410. The molecule has 0 aliphatic carbocycles. The maximum Gasteiger partial charge on any atom is 0.213 e. The van der Waals surface area contributed by atoms with Gasteiger partial charge in [0, 0.05) is 13.0 Å². The van der Waals surface area contributed by atoms with E-state index < -0.39 is 0 Å². The molecule has 84 valence electrons. The van der Waals surface area contributed by atoms with Crippen LogP contribution in [0.2, 0.25) is 0 Å². The van der Waals surface area contributed by atoms with Crippen LogP contribution in [-0.4, -0.2) is 26.7 Å². The summed E-state index contributed by atoms with van der Waals surface area (Å²) in [4.78, 5) is 11.8. The highest BCUT2D eigenvalue weighted by Crippen LogP contribution is 2.23. The Bertz CT molecular complexity index is 460. The molecular formula is C8H9BrN6O. The van der Waals surface area contributed by atoms with Gasteiger partial charge in [0.15, 0.2) is 5.82 Å². The summed E-state index contributed by atoms with van der Waals surface area (Å²) >= 11 is 3.30. The summed E-state index contributed by atoms with van der Waals surface area (Å²) in [7, 11) is 0. The second-order valence-corrected chi connectivity index (χ2v) is 3.74. The van der Waals surface area contributed by atoms with E-state index in [0.29, 0.717) is 34.9 Å². The molecule has 0 bridgehead atoms. The second-order valence-electron chi connectivity index (χ2n) is 2.95. The van der Waals surface area contributed by atoms with Crippen molar-refractivity contribution in [3.8, 4) is 0 Å². The molecular weight excluding hydrogens is 276 g/mol. The van der Waals surface area contributed by atoms with Gasteiger partial charge in [0.2, 0.25) is 6.39 Å². The van der Waals surface area contributed by atoms with Crippen molar-refractivity contribution in [3.63, 3.8) is 0 Å². The van der Waals surface area contributed by atoms with Crippen molar-refractivity contribution >= 4 is 27.6 Å². The van der Waals surface area contributed by atoms with Crippen LogP contribution in [0.5, 0.6) is 0 Å². The number of nitrogen functional groups attached to an aromatic ring is 1. The molecule has 0 spiro atoms. The van der Waals surface area contributed by atoms with E-state index in [4.69, 9.17) is 5.73 Å². The number of halogens is 1. The first kappa shape index (κ1) is 10.8.